The molecule has 10 heteroatoms. The van der Waals surface area contributed by atoms with Crippen molar-refractivity contribution >= 4 is 5.91 Å². The Hall–Kier alpha value is -2.62. The minimum absolute atomic E-state index is 0.196. The van der Waals surface area contributed by atoms with Gasteiger partial charge < -0.3 is 19.4 Å². The van der Waals surface area contributed by atoms with E-state index in [1.165, 1.54) is 18.3 Å². The van der Waals surface area contributed by atoms with E-state index < -0.39 is 12.5 Å². The van der Waals surface area contributed by atoms with Crippen LogP contribution in [0.1, 0.15) is 22.0 Å². The number of carbonyl (C=O) groups excluding carboxylic acids is 1. The van der Waals surface area contributed by atoms with Crippen LogP contribution in [0.4, 0.5) is 8.78 Å². The van der Waals surface area contributed by atoms with Gasteiger partial charge in [-0.25, -0.2) is 4.98 Å². The fourth-order valence-corrected chi connectivity index (χ4v) is 2.12. The van der Waals surface area contributed by atoms with Crippen molar-refractivity contribution in [3.05, 3.63) is 35.5 Å². The van der Waals surface area contributed by atoms with Gasteiger partial charge in [0.05, 0.1) is 18.7 Å². The highest BCUT2D eigenvalue weighted by atomic mass is 19.3. The first-order chi connectivity index (χ1) is 11.1. The molecule has 1 aliphatic heterocycles. The largest absolute Gasteiger partial charge is 0.417 e. The summed E-state index contributed by atoms with van der Waals surface area (Å²) in [5, 5.41) is 10.7. The molecule has 0 spiro atoms. The first-order valence-corrected chi connectivity index (χ1v) is 6.81. The molecule has 1 N–H and O–H groups in total. The van der Waals surface area contributed by atoms with Gasteiger partial charge in [0.15, 0.2) is 11.6 Å². The first-order valence-electron chi connectivity index (χ1n) is 6.81. The Bertz CT molecular complexity index is 689. The van der Waals surface area contributed by atoms with E-state index in [9.17, 15) is 13.6 Å². The summed E-state index contributed by atoms with van der Waals surface area (Å²) < 4.78 is 35.3. The maximum absolute atomic E-state index is 12.0. The second-order valence-electron chi connectivity index (χ2n) is 4.68. The number of aromatic nitrogens is 4. The average molecular weight is 325 g/mol. The Morgan fingerprint density at radius 3 is 3.04 bits per heavy atom. The number of hydrogen-bond acceptors (Lipinski definition) is 6. The van der Waals surface area contributed by atoms with Gasteiger partial charge in [-0.05, 0) is 6.07 Å². The predicted molar refractivity (Wildman–Crippen MR) is 71.7 cm³/mol. The van der Waals surface area contributed by atoms with Crippen molar-refractivity contribution in [3.63, 3.8) is 0 Å². The first kappa shape index (κ1) is 15.3. The van der Waals surface area contributed by atoms with Gasteiger partial charge in [0.1, 0.15) is 6.61 Å². The molecule has 0 bridgehead atoms. The number of fused-ring (bicyclic) bond motifs is 1. The predicted octanol–water partition coefficient (Wildman–Crippen LogP) is 0.735. The molecular weight excluding hydrogens is 312 g/mol. The van der Waals surface area contributed by atoms with E-state index in [1.54, 1.807) is 0 Å². The van der Waals surface area contributed by atoms with Crippen LogP contribution in [0, 0.1) is 0 Å². The van der Waals surface area contributed by atoms with Crippen LogP contribution < -0.4 is 10.1 Å². The quantitative estimate of drug-likeness (QED) is 0.872. The summed E-state index contributed by atoms with van der Waals surface area (Å²) in [6, 6.07) is 2.56. The number of carbonyl (C=O) groups is 1. The Labute approximate surface area is 129 Å². The lowest BCUT2D eigenvalue weighted by Crippen LogP contribution is -2.26. The van der Waals surface area contributed by atoms with E-state index >= 15 is 0 Å². The van der Waals surface area contributed by atoms with Gasteiger partial charge in [0.2, 0.25) is 5.88 Å². The van der Waals surface area contributed by atoms with E-state index in [0.29, 0.717) is 25.6 Å². The minimum Gasteiger partial charge on any atom is -0.417 e. The Balaban J connectivity index is 1.60. The number of rotatable bonds is 5. The SMILES string of the molecule is O=C(NCc1nnc2n1CCOC2)c1ccc(OC(F)F)nc1. The van der Waals surface area contributed by atoms with E-state index in [0.717, 1.165) is 5.82 Å². The zero-order valence-electron chi connectivity index (χ0n) is 11.9. The number of nitrogens with one attached hydrogen (secondary N) is 1. The lowest BCUT2D eigenvalue weighted by atomic mass is 10.2. The minimum atomic E-state index is -2.95. The Morgan fingerprint density at radius 2 is 2.30 bits per heavy atom. The third-order valence-electron chi connectivity index (χ3n) is 3.21. The van der Waals surface area contributed by atoms with Gasteiger partial charge in [0.25, 0.3) is 5.91 Å². The van der Waals surface area contributed by atoms with Crippen molar-refractivity contribution in [3.8, 4) is 5.88 Å². The lowest BCUT2D eigenvalue weighted by Gasteiger charge is -2.15. The average Bonchev–Trinajstić information content (AvgIpc) is 2.96. The van der Waals surface area contributed by atoms with Crippen LogP contribution in [0.3, 0.4) is 0 Å². The number of pyridine rings is 1. The van der Waals surface area contributed by atoms with E-state index in [4.69, 9.17) is 4.74 Å². The van der Waals surface area contributed by atoms with E-state index in [-0.39, 0.29) is 18.0 Å². The van der Waals surface area contributed by atoms with Crippen LogP contribution in [0.2, 0.25) is 0 Å². The number of alkyl halides is 2. The van der Waals surface area contributed by atoms with Crippen molar-refractivity contribution in [1.82, 2.24) is 25.1 Å². The van der Waals surface area contributed by atoms with Crippen molar-refractivity contribution < 1.29 is 23.0 Å². The number of nitrogens with zero attached hydrogens (tertiary/aromatic N) is 4. The summed E-state index contributed by atoms with van der Waals surface area (Å²) in [6.07, 6.45) is 1.17. The summed E-state index contributed by atoms with van der Waals surface area (Å²) >= 11 is 0. The van der Waals surface area contributed by atoms with Crippen molar-refractivity contribution in [2.45, 2.75) is 26.3 Å². The summed E-state index contributed by atoms with van der Waals surface area (Å²) in [5.74, 6) is 0.700. The molecule has 0 radical (unpaired) electrons. The van der Waals surface area contributed by atoms with Crippen molar-refractivity contribution in [2.24, 2.45) is 0 Å². The summed E-state index contributed by atoms with van der Waals surface area (Å²) in [4.78, 5) is 15.7. The van der Waals surface area contributed by atoms with Crippen molar-refractivity contribution in [2.75, 3.05) is 6.61 Å². The Morgan fingerprint density at radius 1 is 1.43 bits per heavy atom. The number of ether oxygens (including phenoxy) is 2. The standard InChI is InChI=1S/C13H13F2N5O3/c14-13(15)23-11-2-1-8(5-16-11)12(21)17-6-9-18-19-10-7-22-4-3-20(9)10/h1-2,5,13H,3-4,6-7H2,(H,17,21). The van der Waals surface area contributed by atoms with Crippen LogP contribution in [-0.2, 0) is 24.4 Å². The molecule has 0 unspecified atom stereocenters. The third-order valence-corrected chi connectivity index (χ3v) is 3.21. The van der Waals surface area contributed by atoms with E-state index in [2.05, 4.69) is 25.2 Å². The second kappa shape index (κ2) is 6.65. The topological polar surface area (TPSA) is 91.2 Å². The van der Waals surface area contributed by atoms with Crippen molar-refractivity contribution in [1.29, 1.82) is 0 Å². The normalized spacial score (nSPS) is 13.7. The summed E-state index contributed by atoms with van der Waals surface area (Å²) in [6.45, 7) is -1.15. The highest BCUT2D eigenvalue weighted by molar-refractivity contribution is 5.93. The molecule has 0 fully saturated rings. The summed E-state index contributed by atoms with van der Waals surface area (Å²) in [5.41, 5.74) is 0.230. The molecule has 2 aromatic rings. The maximum atomic E-state index is 12.0. The monoisotopic (exact) mass is 325 g/mol. The molecule has 122 valence electrons. The number of amides is 1. The molecular formula is C13H13F2N5O3. The second-order valence-corrected chi connectivity index (χ2v) is 4.68. The lowest BCUT2D eigenvalue weighted by molar-refractivity contribution is -0.0528. The molecule has 0 atom stereocenters. The molecule has 3 rings (SSSR count). The zero-order chi connectivity index (χ0) is 16.2. The van der Waals surface area contributed by atoms with Gasteiger partial charge in [-0.1, -0.05) is 0 Å². The highest BCUT2D eigenvalue weighted by Gasteiger charge is 2.17. The van der Waals surface area contributed by atoms with Crippen LogP contribution in [0.15, 0.2) is 18.3 Å². The van der Waals surface area contributed by atoms with Crippen LogP contribution in [0.25, 0.3) is 0 Å². The smallest absolute Gasteiger partial charge is 0.388 e. The van der Waals surface area contributed by atoms with Crippen LogP contribution >= 0.6 is 0 Å². The zero-order valence-corrected chi connectivity index (χ0v) is 11.9. The molecule has 0 saturated heterocycles. The molecule has 3 heterocycles. The van der Waals surface area contributed by atoms with Crippen LogP contribution in [-0.4, -0.2) is 38.9 Å². The number of halogens is 2. The molecule has 8 nitrogen and oxygen atoms in total. The third kappa shape index (κ3) is 3.59. The fourth-order valence-electron chi connectivity index (χ4n) is 2.12. The van der Waals surface area contributed by atoms with Gasteiger partial charge >= 0.3 is 6.61 Å². The fraction of sp³-hybridized carbons (Fsp3) is 0.385. The molecule has 23 heavy (non-hydrogen) atoms. The van der Waals surface area contributed by atoms with Crippen LogP contribution in [0.5, 0.6) is 5.88 Å². The highest BCUT2D eigenvalue weighted by Crippen LogP contribution is 2.12. The Kier molecular flexibility index (Phi) is 4.42. The van der Waals surface area contributed by atoms with Gasteiger partial charge in [-0.15, -0.1) is 10.2 Å². The molecule has 0 aliphatic carbocycles. The molecule has 0 saturated carbocycles. The number of hydrogen-bond donors (Lipinski definition) is 1. The molecule has 1 amide bonds. The maximum Gasteiger partial charge on any atom is 0.388 e. The van der Waals surface area contributed by atoms with Gasteiger partial charge in [0, 0.05) is 18.8 Å². The van der Waals surface area contributed by atoms with E-state index in [1.807, 2.05) is 4.57 Å². The summed E-state index contributed by atoms with van der Waals surface area (Å²) in [7, 11) is 0. The van der Waals surface area contributed by atoms with Gasteiger partial charge in [-0.2, -0.15) is 8.78 Å². The molecule has 0 aromatic carbocycles. The van der Waals surface area contributed by atoms with Gasteiger partial charge in [-0.3, -0.25) is 4.79 Å². The molecule has 1 aliphatic rings. The molecule has 2 aromatic heterocycles.